The number of carbonyl (C=O) groups is 1. The van der Waals surface area contributed by atoms with Crippen LogP contribution >= 0.6 is 12.4 Å². The molecule has 4 heteroatoms. The Bertz CT molecular complexity index is 393. The van der Waals surface area contributed by atoms with Crippen LogP contribution in [0.15, 0.2) is 18.2 Å². The average molecular weight is 242 g/mol. The zero-order valence-corrected chi connectivity index (χ0v) is 10.0. The van der Waals surface area contributed by atoms with Crippen molar-refractivity contribution in [2.75, 3.05) is 7.11 Å². The molecule has 0 spiro atoms. The van der Waals surface area contributed by atoms with E-state index in [2.05, 4.69) is 4.74 Å². The highest BCUT2D eigenvalue weighted by Crippen LogP contribution is 2.28. The Kier molecular flexibility index (Phi) is 4.33. The summed E-state index contributed by atoms with van der Waals surface area (Å²) in [4.78, 5) is 11.3. The van der Waals surface area contributed by atoms with Crippen molar-refractivity contribution in [3.05, 3.63) is 34.9 Å². The topological polar surface area (TPSA) is 52.3 Å². The van der Waals surface area contributed by atoms with Gasteiger partial charge in [-0.2, -0.15) is 0 Å². The van der Waals surface area contributed by atoms with Crippen molar-refractivity contribution in [2.45, 2.75) is 25.3 Å². The van der Waals surface area contributed by atoms with Crippen LogP contribution in [0.5, 0.6) is 0 Å². The number of rotatable bonds is 1. The monoisotopic (exact) mass is 241 g/mol. The van der Waals surface area contributed by atoms with Crippen molar-refractivity contribution < 1.29 is 9.53 Å². The maximum atomic E-state index is 11.3. The molecule has 0 saturated heterocycles. The predicted molar refractivity (Wildman–Crippen MR) is 64.9 cm³/mol. The lowest BCUT2D eigenvalue weighted by atomic mass is 9.87. The van der Waals surface area contributed by atoms with Crippen LogP contribution in [0.4, 0.5) is 0 Å². The SMILES string of the molecule is COC(=O)c1ccc2c(c1)C(N)CCC2.Cl. The molecule has 1 aliphatic carbocycles. The molecule has 0 radical (unpaired) electrons. The molecule has 2 N–H and O–H groups in total. The summed E-state index contributed by atoms with van der Waals surface area (Å²) in [6.45, 7) is 0. The molecular weight excluding hydrogens is 226 g/mol. The number of ether oxygens (including phenoxy) is 1. The minimum Gasteiger partial charge on any atom is -0.465 e. The summed E-state index contributed by atoms with van der Waals surface area (Å²) in [5.74, 6) is -0.296. The van der Waals surface area contributed by atoms with Gasteiger partial charge in [-0.25, -0.2) is 4.79 Å². The highest BCUT2D eigenvalue weighted by atomic mass is 35.5. The van der Waals surface area contributed by atoms with Crippen molar-refractivity contribution in [2.24, 2.45) is 5.73 Å². The van der Waals surface area contributed by atoms with Gasteiger partial charge in [0, 0.05) is 6.04 Å². The summed E-state index contributed by atoms with van der Waals surface area (Å²) >= 11 is 0. The molecule has 0 amide bonds. The van der Waals surface area contributed by atoms with Crippen molar-refractivity contribution in [1.82, 2.24) is 0 Å². The Labute approximate surface area is 101 Å². The molecule has 16 heavy (non-hydrogen) atoms. The number of esters is 1. The zero-order chi connectivity index (χ0) is 10.8. The van der Waals surface area contributed by atoms with E-state index >= 15 is 0 Å². The Balaban J connectivity index is 0.00000128. The molecular formula is C12H16ClNO2. The molecule has 0 aromatic heterocycles. The number of halogens is 1. The predicted octanol–water partition coefficient (Wildman–Crippen LogP) is 2.23. The Morgan fingerprint density at radius 3 is 2.94 bits per heavy atom. The number of carbonyl (C=O) groups excluding carboxylic acids is 1. The Hall–Kier alpha value is -1.06. The van der Waals surface area contributed by atoms with Crippen molar-refractivity contribution in [1.29, 1.82) is 0 Å². The molecule has 0 aliphatic heterocycles. The van der Waals surface area contributed by atoms with E-state index in [0.29, 0.717) is 5.56 Å². The smallest absolute Gasteiger partial charge is 0.337 e. The summed E-state index contributed by atoms with van der Waals surface area (Å²) in [5.41, 5.74) is 8.96. The van der Waals surface area contributed by atoms with Gasteiger partial charge in [0.1, 0.15) is 0 Å². The van der Waals surface area contributed by atoms with E-state index in [1.165, 1.54) is 12.7 Å². The highest BCUT2D eigenvalue weighted by Gasteiger charge is 2.18. The number of aryl methyl sites for hydroxylation is 1. The number of hydrogen-bond acceptors (Lipinski definition) is 3. The van der Waals surface area contributed by atoms with E-state index in [0.717, 1.165) is 24.8 Å². The van der Waals surface area contributed by atoms with E-state index in [1.54, 1.807) is 0 Å². The van der Waals surface area contributed by atoms with E-state index in [4.69, 9.17) is 5.73 Å². The second kappa shape index (κ2) is 5.32. The Morgan fingerprint density at radius 2 is 2.25 bits per heavy atom. The molecule has 88 valence electrons. The summed E-state index contributed by atoms with van der Waals surface area (Å²) in [7, 11) is 1.39. The van der Waals surface area contributed by atoms with Gasteiger partial charge in [-0.05, 0) is 42.5 Å². The molecule has 0 heterocycles. The van der Waals surface area contributed by atoms with E-state index < -0.39 is 0 Å². The molecule has 0 saturated carbocycles. The first kappa shape index (κ1) is 13.0. The number of nitrogens with two attached hydrogens (primary N) is 1. The number of hydrogen-bond donors (Lipinski definition) is 1. The normalized spacial score (nSPS) is 18.2. The van der Waals surface area contributed by atoms with Crippen molar-refractivity contribution in [3.8, 4) is 0 Å². The van der Waals surface area contributed by atoms with Crippen molar-refractivity contribution in [3.63, 3.8) is 0 Å². The van der Waals surface area contributed by atoms with Gasteiger partial charge < -0.3 is 10.5 Å². The molecule has 1 aromatic carbocycles. The lowest BCUT2D eigenvalue weighted by Crippen LogP contribution is -2.18. The molecule has 0 fully saturated rings. The third-order valence-corrected chi connectivity index (χ3v) is 2.93. The summed E-state index contributed by atoms with van der Waals surface area (Å²) in [6, 6.07) is 5.73. The second-order valence-corrected chi connectivity index (χ2v) is 3.90. The fourth-order valence-corrected chi connectivity index (χ4v) is 2.08. The first-order chi connectivity index (χ1) is 7.22. The fraction of sp³-hybridized carbons (Fsp3) is 0.417. The minimum absolute atomic E-state index is 0. The summed E-state index contributed by atoms with van der Waals surface area (Å²) in [6.07, 6.45) is 3.19. The summed E-state index contributed by atoms with van der Waals surface area (Å²) in [5, 5.41) is 0. The van der Waals surface area contributed by atoms with Crippen LogP contribution in [0.25, 0.3) is 0 Å². The van der Waals surface area contributed by atoms with E-state index in [9.17, 15) is 4.79 Å². The van der Waals surface area contributed by atoms with Crippen LogP contribution < -0.4 is 5.73 Å². The highest BCUT2D eigenvalue weighted by molar-refractivity contribution is 5.89. The van der Waals surface area contributed by atoms with Gasteiger partial charge in [0.05, 0.1) is 12.7 Å². The van der Waals surface area contributed by atoms with E-state index in [1.807, 2.05) is 18.2 Å². The Morgan fingerprint density at radius 1 is 1.50 bits per heavy atom. The van der Waals surface area contributed by atoms with Crippen LogP contribution in [0.2, 0.25) is 0 Å². The first-order valence-electron chi connectivity index (χ1n) is 5.19. The first-order valence-corrected chi connectivity index (χ1v) is 5.19. The third kappa shape index (κ3) is 2.36. The van der Waals surface area contributed by atoms with E-state index in [-0.39, 0.29) is 24.4 Å². The molecule has 2 rings (SSSR count). The average Bonchev–Trinajstić information content (AvgIpc) is 2.28. The van der Waals surface area contributed by atoms with Gasteiger partial charge in [-0.15, -0.1) is 12.4 Å². The standard InChI is InChI=1S/C12H15NO2.ClH/c1-15-12(14)9-6-5-8-3-2-4-11(13)10(8)7-9;/h5-7,11H,2-4,13H2,1H3;1H. The molecule has 1 aliphatic rings. The molecule has 1 aromatic rings. The minimum atomic E-state index is -0.296. The molecule has 3 nitrogen and oxygen atoms in total. The van der Waals surface area contributed by atoms with Crippen LogP contribution in [0.3, 0.4) is 0 Å². The van der Waals surface area contributed by atoms with Crippen molar-refractivity contribution >= 4 is 18.4 Å². The quantitative estimate of drug-likeness (QED) is 0.768. The largest absolute Gasteiger partial charge is 0.465 e. The fourth-order valence-electron chi connectivity index (χ4n) is 2.08. The molecule has 0 bridgehead atoms. The lowest BCUT2D eigenvalue weighted by molar-refractivity contribution is 0.0600. The number of fused-ring (bicyclic) bond motifs is 1. The maximum absolute atomic E-state index is 11.3. The lowest BCUT2D eigenvalue weighted by Gasteiger charge is -2.22. The van der Waals surface area contributed by atoms with Gasteiger partial charge in [-0.3, -0.25) is 0 Å². The summed E-state index contributed by atoms with van der Waals surface area (Å²) < 4.78 is 4.68. The molecule has 1 atom stereocenters. The maximum Gasteiger partial charge on any atom is 0.337 e. The number of benzene rings is 1. The van der Waals surface area contributed by atoms with Crippen LogP contribution in [0.1, 0.15) is 40.4 Å². The van der Waals surface area contributed by atoms with Gasteiger partial charge in [0.15, 0.2) is 0 Å². The second-order valence-electron chi connectivity index (χ2n) is 3.90. The van der Waals surface area contributed by atoms with Gasteiger partial charge >= 0.3 is 5.97 Å². The van der Waals surface area contributed by atoms with Crippen LogP contribution in [-0.4, -0.2) is 13.1 Å². The van der Waals surface area contributed by atoms with Crippen LogP contribution in [0, 0.1) is 0 Å². The van der Waals surface area contributed by atoms with Gasteiger partial charge in [0.25, 0.3) is 0 Å². The zero-order valence-electron chi connectivity index (χ0n) is 9.23. The number of methoxy groups -OCH3 is 1. The van der Waals surface area contributed by atoms with Gasteiger partial charge in [-0.1, -0.05) is 6.07 Å². The van der Waals surface area contributed by atoms with Gasteiger partial charge in [0.2, 0.25) is 0 Å². The molecule has 1 unspecified atom stereocenters. The third-order valence-electron chi connectivity index (χ3n) is 2.93. The van der Waals surface area contributed by atoms with Crippen LogP contribution in [-0.2, 0) is 11.2 Å².